The van der Waals surface area contributed by atoms with Gasteiger partial charge in [-0.1, -0.05) is 18.2 Å². The number of pyridine rings is 1. The Labute approximate surface area is 90.9 Å². The molecule has 0 saturated heterocycles. The third-order valence-electron chi connectivity index (χ3n) is 2.35. The zero-order chi connectivity index (χ0) is 11.5. The maximum Gasteiger partial charge on any atom is 0.296 e. The van der Waals surface area contributed by atoms with Crippen molar-refractivity contribution in [2.24, 2.45) is 0 Å². The number of nitrogens with zero attached hydrogens (tertiary/aromatic N) is 1. The number of Topliss-reactive ketones (excluding diaryl/α,β-unsaturated/α-hetero) is 1. The fraction of sp³-hybridized carbons (Fsp3) is 0.167. The molecule has 1 aromatic heterocycles. The van der Waals surface area contributed by atoms with Crippen LogP contribution >= 0.6 is 0 Å². The third kappa shape index (κ3) is 2.05. The molecule has 16 heavy (non-hydrogen) atoms. The van der Waals surface area contributed by atoms with Crippen molar-refractivity contribution in [1.29, 1.82) is 0 Å². The van der Waals surface area contributed by atoms with Gasteiger partial charge in [-0.3, -0.25) is 9.78 Å². The quantitative estimate of drug-likeness (QED) is 0.797. The average Bonchev–Trinajstić information content (AvgIpc) is 2.29. The summed E-state index contributed by atoms with van der Waals surface area (Å²) < 4.78 is 24.3. The van der Waals surface area contributed by atoms with Gasteiger partial charge in [-0.2, -0.15) is 0 Å². The van der Waals surface area contributed by atoms with Crippen molar-refractivity contribution in [1.82, 2.24) is 4.98 Å². The van der Waals surface area contributed by atoms with Gasteiger partial charge in [-0.25, -0.2) is 8.78 Å². The summed E-state index contributed by atoms with van der Waals surface area (Å²) in [7, 11) is 0. The second kappa shape index (κ2) is 4.35. The van der Waals surface area contributed by atoms with Gasteiger partial charge in [0.1, 0.15) is 0 Å². The van der Waals surface area contributed by atoms with E-state index in [-0.39, 0.29) is 6.42 Å². The first kappa shape index (κ1) is 10.7. The van der Waals surface area contributed by atoms with Crippen LogP contribution in [0.4, 0.5) is 8.78 Å². The van der Waals surface area contributed by atoms with Crippen molar-refractivity contribution in [2.75, 3.05) is 0 Å². The Bertz CT molecular complexity index is 520. The monoisotopic (exact) mass is 221 g/mol. The van der Waals surface area contributed by atoms with Crippen LogP contribution in [-0.2, 0) is 11.2 Å². The Morgan fingerprint density at radius 2 is 2.00 bits per heavy atom. The number of benzene rings is 1. The zero-order valence-electron chi connectivity index (χ0n) is 8.36. The highest BCUT2D eigenvalue weighted by molar-refractivity contribution is 5.90. The van der Waals surface area contributed by atoms with E-state index in [4.69, 9.17) is 0 Å². The number of rotatable bonds is 3. The number of carbonyl (C=O) groups is 1. The number of aromatic nitrogens is 1. The normalized spacial score (nSPS) is 10.9. The van der Waals surface area contributed by atoms with Gasteiger partial charge < -0.3 is 0 Å². The lowest BCUT2D eigenvalue weighted by atomic mass is 10.0. The lowest BCUT2D eigenvalue weighted by molar-refractivity contribution is -0.128. The maximum absolute atomic E-state index is 12.1. The molecule has 0 radical (unpaired) electrons. The highest BCUT2D eigenvalue weighted by atomic mass is 19.3. The summed E-state index contributed by atoms with van der Waals surface area (Å²) in [5.74, 6) is -1.06. The van der Waals surface area contributed by atoms with Crippen molar-refractivity contribution in [2.45, 2.75) is 12.8 Å². The van der Waals surface area contributed by atoms with E-state index in [1.54, 1.807) is 24.3 Å². The summed E-state index contributed by atoms with van der Waals surface area (Å²) in [6.45, 7) is 0. The molecule has 0 spiro atoms. The summed E-state index contributed by atoms with van der Waals surface area (Å²) in [6.07, 6.45) is -1.64. The Morgan fingerprint density at radius 3 is 2.75 bits per heavy atom. The van der Waals surface area contributed by atoms with Crippen LogP contribution in [0, 0.1) is 0 Å². The van der Waals surface area contributed by atoms with Crippen LogP contribution in [-0.4, -0.2) is 17.2 Å². The SMILES string of the molecule is O=C(Cc1ccnc2ccccc12)C(F)F. The van der Waals surface area contributed by atoms with Crippen molar-refractivity contribution in [3.05, 3.63) is 42.1 Å². The van der Waals surface area contributed by atoms with Crippen molar-refractivity contribution in [3.8, 4) is 0 Å². The fourth-order valence-corrected chi connectivity index (χ4v) is 1.57. The van der Waals surface area contributed by atoms with E-state index in [2.05, 4.69) is 4.98 Å². The molecule has 0 bridgehead atoms. The van der Waals surface area contributed by atoms with Crippen LogP contribution in [0.5, 0.6) is 0 Å². The van der Waals surface area contributed by atoms with E-state index in [9.17, 15) is 13.6 Å². The lowest BCUT2D eigenvalue weighted by Gasteiger charge is -2.04. The molecule has 82 valence electrons. The molecule has 0 aliphatic carbocycles. The number of ketones is 1. The first-order valence-corrected chi connectivity index (χ1v) is 4.82. The molecule has 2 aromatic rings. The van der Waals surface area contributed by atoms with E-state index in [0.29, 0.717) is 11.1 Å². The van der Waals surface area contributed by atoms with E-state index in [1.165, 1.54) is 6.20 Å². The zero-order valence-corrected chi connectivity index (χ0v) is 8.36. The molecule has 4 heteroatoms. The van der Waals surface area contributed by atoms with Crippen LogP contribution in [0.15, 0.2) is 36.5 Å². The predicted octanol–water partition coefficient (Wildman–Crippen LogP) is 2.61. The van der Waals surface area contributed by atoms with Gasteiger partial charge in [0.05, 0.1) is 5.52 Å². The number of carbonyl (C=O) groups excluding carboxylic acids is 1. The largest absolute Gasteiger partial charge is 0.296 e. The molecule has 0 fully saturated rings. The van der Waals surface area contributed by atoms with Gasteiger partial charge in [0.2, 0.25) is 5.78 Å². The second-order valence-corrected chi connectivity index (χ2v) is 3.43. The van der Waals surface area contributed by atoms with Gasteiger partial charge in [0.25, 0.3) is 6.43 Å². The number of para-hydroxylation sites is 1. The van der Waals surface area contributed by atoms with E-state index in [0.717, 1.165) is 5.39 Å². The Hall–Kier alpha value is -1.84. The first-order valence-electron chi connectivity index (χ1n) is 4.82. The maximum atomic E-state index is 12.1. The summed E-state index contributed by atoms with van der Waals surface area (Å²) in [6, 6.07) is 8.76. The van der Waals surface area contributed by atoms with Crippen LogP contribution in [0.25, 0.3) is 10.9 Å². The minimum atomic E-state index is -2.91. The van der Waals surface area contributed by atoms with Crippen molar-refractivity contribution >= 4 is 16.7 Å². The highest BCUT2D eigenvalue weighted by Gasteiger charge is 2.16. The minimum Gasteiger partial charge on any atom is -0.293 e. The summed E-state index contributed by atoms with van der Waals surface area (Å²) in [5.41, 5.74) is 1.30. The smallest absolute Gasteiger partial charge is 0.293 e. The van der Waals surface area contributed by atoms with Gasteiger partial charge in [-0.05, 0) is 17.7 Å². The summed E-state index contributed by atoms with van der Waals surface area (Å²) in [5, 5.41) is 0.749. The number of hydrogen-bond donors (Lipinski definition) is 0. The number of alkyl halides is 2. The van der Waals surface area contributed by atoms with Gasteiger partial charge in [0.15, 0.2) is 0 Å². The molecule has 0 unspecified atom stereocenters. The van der Waals surface area contributed by atoms with E-state index >= 15 is 0 Å². The van der Waals surface area contributed by atoms with Crippen LogP contribution < -0.4 is 0 Å². The summed E-state index contributed by atoms with van der Waals surface area (Å²) in [4.78, 5) is 15.1. The Morgan fingerprint density at radius 1 is 1.25 bits per heavy atom. The highest BCUT2D eigenvalue weighted by Crippen LogP contribution is 2.17. The molecule has 2 nitrogen and oxygen atoms in total. The molecule has 0 aliphatic heterocycles. The van der Waals surface area contributed by atoms with E-state index in [1.807, 2.05) is 6.07 Å². The van der Waals surface area contributed by atoms with Gasteiger partial charge >= 0.3 is 0 Å². The molecule has 2 rings (SSSR count). The molecule has 0 atom stereocenters. The molecular formula is C12H9F2NO. The number of halogens is 2. The van der Waals surface area contributed by atoms with Gasteiger partial charge in [0, 0.05) is 18.0 Å². The lowest BCUT2D eigenvalue weighted by Crippen LogP contribution is -2.13. The number of hydrogen-bond acceptors (Lipinski definition) is 2. The minimum absolute atomic E-state index is 0.249. The van der Waals surface area contributed by atoms with Crippen LogP contribution in [0.1, 0.15) is 5.56 Å². The third-order valence-corrected chi connectivity index (χ3v) is 2.35. The molecule has 0 saturated carbocycles. The fourth-order valence-electron chi connectivity index (χ4n) is 1.57. The molecular weight excluding hydrogens is 212 g/mol. The first-order chi connectivity index (χ1) is 7.68. The molecule has 1 heterocycles. The second-order valence-electron chi connectivity index (χ2n) is 3.43. The standard InChI is InChI=1S/C12H9F2NO/c13-12(14)11(16)7-8-5-6-15-10-4-2-1-3-9(8)10/h1-6,12H,7H2. The molecule has 0 amide bonds. The molecule has 1 aromatic carbocycles. The predicted molar refractivity (Wildman–Crippen MR) is 56.5 cm³/mol. The van der Waals surface area contributed by atoms with Crippen molar-refractivity contribution < 1.29 is 13.6 Å². The van der Waals surface area contributed by atoms with E-state index < -0.39 is 12.2 Å². The summed E-state index contributed by atoms with van der Waals surface area (Å²) >= 11 is 0. The Balaban J connectivity index is 2.41. The number of fused-ring (bicyclic) bond motifs is 1. The van der Waals surface area contributed by atoms with Crippen LogP contribution in [0.3, 0.4) is 0 Å². The Kier molecular flexibility index (Phi) is 2.90. The van der Waals surface area contributed by atoms with Crippen LogP contribution in [0.2, 0.25) is 0 Å². The van der Waals surface area contributed by atoms with Crippen molar-refractivity contribution in [3.63, 3.8) is 0 Å². The van der Waals surface area contributed by atoms with Gasteiger partial charge in [-0.15, -0.1) is 0 Å². The molecule has 0 aliphatic rings. The average molecular weight is 221 g/mol. The molecule has 0 N–H and O–H groups in total. The topological polar surface area (TPSA) is 30.0 Å².